The van der Waals surface area contributed by atoms with Crippen LogP contribution >= 0.6 is 0 Å². The number of benzene rings is 1. The summed E-state index contributed by atoms with van der Waals surface area (Å²) in [7, 11) is 1.68. The Balaban J connectivity index is 1.35. The van der Waals surface area contributed by atoms with Crippen molar-refractivity contribution in [2.75, 3.05) is 7.11 Å². The van der Waals surface area contributed by atoms with Crippen molar-refractivity contribution in [3.8, 4) is 5.75 Å². The van der Waals surface area contributed by atoms with E-state index in [-0.39, 0.29) is 11.3 Å². The lowest BCUT2D eigenvalue weighted by Gasteiger charge is -2.56. The van der Waals surface area contributed by atoms with Crippen LogP contribution in [0.25, 0.3) is 0 Å². The molecule has 4 saturated carbocycles. The largest absolute Gasteiger partial charge is 0.497 e. The molecule has 8 atom stereocenters. The molecule has 0 saturated heterocycles. The van der Waals surface area contributed by atoms with Crippen LogP contribution in [0.4, 0.5) is 0 Å². The molecule has 0 amide bonds. The summed E-state index contributed by atoms with van der Waals surface area (Å²) in [6.45, 7) is 4.94. The van der Waals surface area contributed by atoms with Crippen molar-refractivity contribution in [3.05, 3.63) is 29.8 Å². The number of hydrogen-bond donors (Lipinski definition) is 0. The second-order valence-electron chi connectivity index (χ2n) is 11.1. The van der Waals surface area contributed by atoms with Gasteiger partial charge in [-0.05, 0) is 117 Å². The maximum absolute atomic E-state index is 13.5. The summed E-state index contributed by atoms with van der Waals surface area (Å²) in [6.07, 6.45) is 12.3. The van der Waals surface area contributed by atoms with Crippen LogP contribution in [0.15, 0.2) is 24.3 Å². The average molecular weight is 395 g/mol. The Bertz CT molecular complexity index is 752. The fourth-order valence-corrected chi connectivity index (χ4v) is 8.48. The first kappa shape index (κ1) is 19.6. The number of carbonyl (C=O) groups excluding carboxylic acids is 1. The molecule has 0 heterocycles. The first-order chi connectivity index (χ1) is 14.0. The smallest absolute Gasteiger partial charge is 0.166 e. The minimum Gasteiger partial charge on any atom is -0.497 e. The summed E-state index contributed by atoms with van der Waals surface area (Å²) in [5, 5.41) is 0. The van der Waals surface area contributed by atoms with Gasteiger partial charge in [0.25, 0.3) is 0 Å². The summed E-state index contributed by atoms with van der Waals surface area (Å²) < 4.78 is 5.28. The van der Waals surface area contributed by atoms with Crippen LogP contribution in [0.1, 0.15) is 82.0 Å². The van der Waals surface area contributed by atoms with Crippen LogP contribution in [-0.4, -0.2) is 12.9 Å². The summed E-state index contributed by atoms with van der Waals surface area (Å²) in [5.74, 6) is 6.98. The zero-order valence-corrected chi connectivity index (χ0v) is 18.5. The number of rotatable bonds is 3. The quantitative estimate of drug-likeness (QED) is 0.528. The van der Waals surface area contributed by atoms with E-state index in [4.69, 9.17) is 4.74 Å². The molecule has 4 aliphatic carbocycles. The summed E-state index contributed by atoms with van der Waals surface area (Å²) in [5.41, 5.74) is 1.09. The molecule has 158 valence electrons. The maximum Gasteiger partial charge on any atom is 0.166 e. The fourth-order valence-electron chi connectivity index (χ4n) is 8.48. The van der Waals surface area contributed by atoms with Gasteiger partial charge in [-0.15, -0.1) is 0 Å². The number of Topliss-reactive ketones (excluding diaryl/α,β-unsaturated/α-hetero) is 1. The lowest BCUT2D eigenvalue weighted by Crippen LogP contribution is -2.49. The van der Waals surface area contributed by atoms with Crippen molar-refractivity contribution >= 4 is 5.78 Å². The monoisotopic (exact) mass is 394 g/mol. The number of ketones is 1. The lowest BCUT2D eigenvalue weighted by molar-refractivity contribution is -0.0634. The van der Waals surface area contributed by atoms with Gasteiger partial charge >= 0.3 is 0 Å². The third-order valence-electron chi connectivity index (χ3n) is 9.91. The first-order valence-electron chi connectivity index (χ1n) is 12.2. The molecular formula is C27H38O2. The van der Waals surface area contributed by atoms with Gasteiger partial charge in [-0.1, -0.05) is 20.3 Å². The minimum atomic E-state index is 0.214. The zero-order valence-electron chi connectivity index (χ0n) is 18.5. The zero-order chi connectivity index (χ0) is 20.2. The highest BCUT2D eigenvalue weighted by Crippen LogP contribution is 2.64. The molecular weight excluding hydrogens is 356 g/mol. The van der Waals surface area contributed by atoms with E-state index in [0.717, 1.165) is 53.2 Å². The Hall–Kier alpha value is -1.31. The molecule has 29 heavy (non-hydrogen) atoms. The van der Waals surface area contributed by atoms with Crippen LogP contribution in [0.2, 0.25) is 0 Å². The van der Waals surface area contributed by atoms with Gasteiger partial charge in [0, 0.05) is 11.5 Å². The number of ether oxygens (including phenoxy) is 1. The Kier molecular flexibility index (Phi) is 5.03. The van der Waals surface area contributed by atoms with Crippen molar-refractivity contribution < 1.29 is 9.53 Å². The summed E-state index contributed by atoms with van der Waals surface area (Å²) in [4.78, 5) is 13.5. The van der Waals surface area contributed by atoms with Crippen LogP contribution in [0.5, 0.6) is 5.75 Å². The minimum absolute atomic E-state index is 0.214. The standard InChI is InChI=1S/C27H38O2/c1-17-4-10-21-19(16-17)7-11-23-22(21)14-15-27(2)24(23)12-13-25(27)26(28)18-5-8-20(29-3)9-6-18/h5-6,8-9,17,19,21-25H,4,7,10-16H2,1-3H3. The molecule has 1 aromatic carbocycles. The van der Waals surface area contributed by atoms with Gasteiger partial charge in [-0.25, -0.2) is 0 Å². The Morgan fingerprint density at radius 2 is 1.69 bits per heavy atom. The summed E-state index contributed by atoms with van der Waals surface area (Å²) in [6, 6.07) is 7.81. The maximum atomic E-state index is 13.5. The van der Waals surface area contributed by atoms with Gasteiger partial charge in [0.2, 0.25) is 0 Å². The van der Waals surface area contributed by atoms with Gasteiger partial charge in [-0.2, -0.15) is 0 Å². The first-order valence-corrected chi connectivity index (χ1v) is 12.2. The van der Waals surface area contributed by atoms with Gasteiger partial charge in [0.15, 0.2) is 5.78 Å². The van der Waals surface area contributed by atoms with E-state index < -0.39 is 0 Å². The average Bonchev–Trinajstić information content (AvgIpc) is 3.10. The highest BCUT2D eigenvalue weighted by molar-refractivity contribution is 5.98. The topological polar surface area (TPSA) is 26.3 Å². The van der Waals surface area contributed by atoms with Gasteiger partial charge in [-0.3, -0.25) is 4.79 Å². The van der Waals surface area contributed by atoms with Crippen LogP contribution in [0, 0.1) is 46.8 Å². The van der Waals surface area contributed by atoms with E-state index in [1.165, 1.54) is 51.4 Å². The summed E-state index contributed by atoms with van der Waals surface area (Å²) >= 11 is 0. The molecule has 0 aromatic heterocycles. The number of methoxy groups -OCH3 is 1. The molecule has 8 unspecified atom stereocenters. The highest BCUT2D eigenvalue weighted by Gasteiger charge is 2.58. The molecule has 5 rings (SSSR count). The van der Waals surface area contributed by atoms with Crippen LogP contribution in [-0.2, 0) is 0 Å². The molecule has 0 N–H and O–H groups in total. The van der Waals surface area contributed by atoms with E-state index >= 15 is 0 Å². The number of carbonyl (C=O) groups is 1. The molecule has 4 aliphatic rings. The van der Waals surface area contributed by atoms with Crippen LogP contribution < -0.4 is 4.74 Å². The molecule has 2 heteroatoms. The van der Waals surface area contributed by atoms with E-state index in [1.54, 1.807) is 7.11 Å². The second-order valence-corrected chi connectivity index (χ2v) is 11.1. The molecule has 0 bridgehead atoms. The predicted molar refractivity (Wildman–Crippen MR) is 117 cm³/mol. The van der Waals surface area contributed by atoms with Gasteiger partial charge < -0.3 is 4.74 Å². The molecule has 0 radical (unpaired) electrons. The van der Waals surface area contributed by atoms with Crippen molar-refractivity contribution in [2.24, 2.45) is 46.8 Å². The molecule has 0 aliphatic heterocycles. The normalized spacial score (nSPS) is 43.8. The number of fused-ring (bicyclic) bond motifs is 5. The van der Waals surface area contributed by atoms with Gasteiger partial charge in [0.1, 0.15) is 5.75 Å². The van der Waals surface area contributed by atoms with E-state index in [0.29, 0.717) is 5.78 Å². The van der Waals surface area contributed by atoms with Crippen molar-refractivity contribution in [1.82, 2.24) is 0 Å². The molecule has 4 fully saturated rings. The number of hydrogen-bond acceptors (Lipinski definition) is 2. The Morgan fingerprint density at radius 1 is 0.931 bits per heavy atom. The van der Waals surface area contributed by atoms with E-state index in [1.807, 2.05) is 24.3 Å². The highest BCUT2D eigenvalue weighted by atomic mass is 16.5. The Morgan fingerprint density at radius 3 is 2.45 bits per heavy atom. The lowest BCUT2D eigenvalue weighted by atomic mass is 9.49. The Labute approximate surface area is 176 Å². The fraction of sp³-hybridized carbons (Fsp3) is 0.741. The second kappa shape index (κ2) is 7.43. The van der Waals surface area contributed by atoms with E-state index in [2.05, 4.69) is 13.8 Å². The molecule has 2 nitrogen and oxygen atoms in total. The molecule has 1 aromatic rings. The van der Waals surface area contributed by atoms with Crippen LogP contribution in [0.3, 0.4) is 0 Å². The van der Waals surface area contributed by atoms with Gasteiger partial charge in [0.05, 0.1) is 7.11 Å². The third-order valence-corrected chi connectivity index (χ3v) is 9.91. The molecule has 0 spiro atoms. The third kappa shape index (κ3) is 3.17. The SMILES string of the molecule is COc1ccc(C(=O)C2CCC3C4CCC5CC(C)CCC5C4CCC23C)cc1. The van der Waals surface area contributed by atoms with Crippen molar-refractivity contribution in [1.29, 1.82) is 0 Å². The predicted octanol–water partition coefficient (Wildman–Crippen LogP) is 6.78. The van der Waals surface area contributed by atoms with E-state index in [9.17, 15) is 4.79 Å². The van der Waals surface area contributed by atoms with Crippen molar-refractivity contribution in [3.63, 3.8) is 0 Å². The van der Waals surface area contributed by atoms with Crippen molar-refractivity contribution in [2.45, 2.75) is 71.6 Å².